The molecule has 4 heteroatoms. The first kappa shape index (κ1) is 9.45. The van der Waals surface area contributed by atoms with Crippen LogP contribution in [-0.4, -0.2) is 15.7 Å². The van der Waals surface area contributed by atoms with Crippen molar-refractivity contribution < 1.29 is 4.79 Å². The van der Waals surface area contributed by atoms with Gasteiger partial charge in [0, 0.05) is 17.5 Å². The summed E-state index contributed by atoms with van der Waals surface area (Å²) in [6.45, 7) is 1.97. The molecule has 2 aromatic rings. The van der Waals surface area contributed by atoms with Crippen molar-refractivity contribution in [2.24, 2.45) is 5.73 Å². The number of nitrogens with zero attached hydrogens (tertiary/aromatic N) is 2. The summed E-state index contributed by atoms with van der Waals surface area (Å²) in [4.78, 5) is 10.9. The topological polar surface area (TPSA) is 60.9 Å². The summed E-state index contributed by atoms with van der Waals surface area (Å²) in [6.07, 6.45) is 1.73. The maximum Gasteiger partial charge on any atom is 0.248 e. The van der Waals surface area contributed by atoms with Crippen LogP contribution in [0, 0.1) is 6.92 Å². The molecule has 1 aromatic heterocycles. The lowest BCUT2D eigenvalue weighted by Crippen LogP contribution is -2.10. The molecule has 0 aliphatic heterocycles. The molecular weight excluding hydrogens is 190 g/mol. The number of rotatable bonds is 2. The lowest BCUT2D eigenvalue weighted by atomic mass is 10.2. The Balaban J connectivity index is 2.40. The maximum absolute atomic E-state index is 10.9. The lowest BCUT2D eigenvalue weighted by molar-refractivity contribution is 0.100. The van der Waals surface area contributed by atoms with Gasteiger partial charge in [-0.2, -0.15) is 5.10 Å². The Morgan fingerprint density at radius 1 is 1.27 bits per heavy atom. The van der Waals surface area contributed by atoms with Crippen LogP contribution in [0.1, 0.15) is 16.1 Å². The van der Waals surface area contributed by atoms with Gasteiger partial charge in [-0.1, -0.05) is 0 Å². The Kier molecular flexibility index (Phi) is 2.25. The predicted octanol–water partition coefficient (Wildman–Crippen LogP) is 1.28. The fraction of sp³-hybridized carbons (Fsp3) is 0.0909. The molecule has 4 nitrogen and oxygen atoms in total. The average molecular weight is 201 g/mol. The molecule has 0 bridgehead atoms. The van der Waals surface area contributed by atoms with E-state index in [1.165, 1.54) is 0 Å². The number of aryl methyl sites for hydroxylation is 1. The molecule has 0 saturated carbocycles. The summed E-state index contributed by atoms with van der Waals surface area (Å²) in [5, 5.41) is 4.16. The SMILES string of the molecule is Cc1ccnn1-c1ccc(C(N)=O)cc1. The first-order valence-electron chi connectivity index (χ1n) is 4.59. The minimum Gasteiger partial charge on any atom is -0.366 e. The lowest BCUT2D eigenvalue weighted by Gasteiger charge is -2.04. The van der Waals surface area contributed by atoms with Crippen molar-refractivity contribution in [2.75, 3.05) is 0 Å². The van der Waals surface area contributed by atoms with Crippen LogP contribution in [0.25, 0.3) is 5.69 Å². The van der Waals surface area contributed by atoms with Crippen molar-refractivity contribution in [3.8, 4) is 5.69 Å². The van der Waals surface area contributed by atoms with Crippen LogP contribution in [0.3, 0.4) is 0 Å². The summed E-state index contributed by atoms with van der Waals surface area (Å²) in [6, 6.07) is 8.94. The molecule has 76 valence electrons. The summed E-state index contributed by atoms with van der Waals surface area (Å²) in [7, 11) is 0. The van der Waals surface area contributed by atoms with Gasteiger partial charge in [0.15, 0.2) is 0 Å². The molecule has 0 aliphatic rings. The Morgan fingerprint density at radius 2 is 1.93 bits per heavy atom. The van der Waals surface area contributed by atoms with Crippen LogP contribution >= 0.6 is 0 Å². The highest BCUT2D eigenvalue weighted by molar-refractivity contribution is 5.92. The average Bonchev–Trinajstić information content (AvgIpc) is 2.65. The van der Waals surface area contributed by atoms with E-state index < -0.39 is 5.91 Å². The molecular formula is C11H11N3O. The second kappa shape index (κ2) is 3.57. The number of aromatic nitrogens is 2. The molecule has 0 spiro atoms. The maximum atomic E-state index is 10.9. The number of hydrogen-bond donors (Lipinski definition) is 1. The standard InChI is InChI=1S/C11H11N3O/c1-8-6-7-13-14(8)10-4-2-9(3-5-10)11(12)15/h2-7H,1H3,(H2,12,15). The molecule has 0 radical (unpaired) electrons. The van der Waals surface area contributed by atoms with Crippen LogP contribution in [0.15, 0.2) is 36.5 Å². The van der Waals surface area contributed by atoms with Crippen LogP contribution in [0.4, 0.5) is 0 Å². The monoisotopic (exact) mass is 201 g/mol. The quantitative estimate of drug-likeness (QED) is 0.795. The number of carbonyl (C=O) groups excluding carboxylic acids is 1. The van der Waals surface area contributed by atoms with Gasteiger partial charge >= 0.3 is 0 Å². The second-order valence-corrected chi connectivity index (χ2v) is 3.30. The molecule has 1 heterocycles. The number of benzene rings is 1. The van der Waals surface area contributed by atoms with Crippen molar-refractivity contribution in [1.29, 1.82) is 0 Å². The molecule has 1 aromatic carbocycles. The number of amides is 1. The summed E-state index contributed by atoms with van der Waals surface area (Å²) < 4.78 is 1.80. The number of hydrogen-bond acceptors (Lipinski definition) is 2. The van der Waals surface area contributed by atoms with Crippen LogP contribution < -0.4 is 5.73 Å². The minimum atomic E-state index is -0.418. The van der Waals surface area contributed by atoms with E-state index >= 15 is 0 Å². The zero-order valence-corrected chi connectivity index (χ0v) is 8.34. The normalized spacial score (nSPS) is 10.2. The van der Waals surface area contributed by atoms with Gasteiger partial charge in [0.05, 0.1) is 5.69 Å². The van der Waals surface area contributed by atoms with Crippen LogP contribution in [0.5, 0.6) is 0 Å². The second-order valence-electron chi connectivity index (χ2n) is 3.30. The van der Waals surface area contributed by atoms with E-state index in [1.807, 2.05) is 25.1 Å². The largest absolute Gasteiger partial charge is 0.366 e. The van der Waals surface area contributed by atoms with Crippen molar-refractivity contribution in [3.05, 3.63) is 47.8 Å². The third-order valence-electron chi connectivity index (χ3n) is 2.23. The number of carbonyl (C=O) groups is 1. The molecule has 2 N–H and O–H groups in total. The van der Waals surface area contributed by atoms with E-state index in [2.05, 4.69) is 5.10 Å². The van der Waals surface area contributed by atoms with E-state index in [4.69, 9.17) is 5.73 Å². The fourth-order valence-electron chi connectivity index (χ4n) is 1.41. The van der Waals surface area contributed by atoms with E-state index in [0.717, 1.165) is 11.4 Å². The predicted molar refractivity (Wildman–Crippen MR) is 56.8 cm³/mol. The first-order valence-corrected chi connectivity index (χ1v) is 4.59. The zero-order valence-electron chi connectivity index (χ0n) is 8.34. The van der Waals surface area contributed by atoms with Gasteiger partial charge in [0.25, 0.3) is 0 Å². The van der Waals surface area contributed by atoms with Crippen LogP contribution in [-0.2, 0) is 0 Å². The highest BCUT2D eigenvalue weighted by atomic mass is 16.1. The summed E-state index contributed by atoms with van der Waals surface area (Å²) >= 11 is 0. The van der Waals surface area contributed by atoms with Crippen molar-refractivity contribution >= 4 is 5.91 Å². The number of nitrogens with two attached hydrogens (primary N) is 1. The Bertz CT molecular complexity index is 485. The third-order valence-corrected chi connectivity index (χ3v) is 2.23. The van der Waals surface area contributed by atoms with Gasteiger partial charge in [0.1, 0.15) is 0 Å². The summed E-state index contributed by atoms with van der Waals surface area (Å²) in [5.41, 5.74) is 7.62. The summed E-state index contributed by atoms with van der Waals surface area (Å²) in [5.74, 6) is -0.418. The Morgan fingerprint density at radius 3 is 2.40 bits per heavy atom. The minimum absolute atomic E-state index is 0.418. The van der Waals surface area contributed by atoms with Gasteiger partial charge < -0.3 is 5.73 Å². The molecule has 15 heavy (non-hydrogen) atoms. The van der Waals surface area contributed by atoms with Gasteiger partial charge in [-0.25, -0.2) is 4.68 Å². The molecule has 0 aliphatic carbocycles. The van der Waals surface area contributed by atoms with Gasteiger partial charge in [-0.15, -0.1) is 0 Å². The first-order chi connectivity index (χ1) is 7.18. The van der Waals surface area contributed by atoms with E-state index in [1.54, 1.807) is 23.0 Å². The van der Waals surface area contributed by atoms with E-state index in [9.17, 15) is 4.79 Å². The number of primary amides is 1. The zero-order chi connectivity index (χ0) is 10.8. The third kappa shape index (κ3) is 1.74. The molecule has 0 unspecified atom stereocenters. The molecule has 1 amide bonds. The highest BCUT2D eigenvalue weighted by Crippen LogP contribution is 2.10. The van der Waals surface area contributed by atoms with Gasteiger partial charge in [-0.3, -0.25) is 4.79 Å². The fourth-order valence-corrected chi connectivity index (χ4v) is 1.41. The molecule has 0 atom stereocenters. The van der Waals surface area contributed by atoms with Gasteiger partial charge in [0.2, 0.25) is 5.91 Å². The van der Waals surface area contributed by atoms with E-state index in [0.29, 0.717) is 5.56 Å². The van der Waals surface area contributed by atoms with Crippen molar-refractivity contribution in [3.63, 3.8) is 0 Å². The van der Waals surface area contributed by atoms with Crippen molar-refractivity contribution in [2.45, 2.75) is 6.92 Å². The van der Waals surface area contributed by atoms with Gasteiger partial charge in [-0.05, 0) is 37.3 Å². The van der Waals surface area contributed by atoms with E-state index in [-0.39, 0.29) is 0 Å². The molecule has 2 rings (SSSR count). The highest BCUT2D eigenvalue weighted by Gasteiger charge is 2.02. The Hall–Kier alpha value is -2.10. The molecule has 0 fully saturated rings. The van der Waals surface area contributed by atoms with Crippen molar-refractivity contribution in [1.82, 2.24) is 9.78 Å². The Labute approximate surface area is 87.3 Å². The smallest absolute Gasteiger partial charge is 0.248 e. The molecule has 0 saturated heterocycles. The van der Waals surface area contributed by atoms with Crippen LogP contribution in [0.2, 0.25) is 0 Å².